The number of carbonyl (C=O) groups is 2. The van der Waals surface area contributed by atoms with Crippen molar-refractivity contribution in [1.29, 1.82) is 0 Å². The zero-order chi connectivity index (χ0) is 32.0. The summed E-state index contributed by atoms with van der Waals surface area (Å²) in [5.41, 5.74) is 17.0. The summed E-state index contributed by atoms with van der Waals surface area (Å²) in [6.07, 6.45) is 3.36. The number of aromatic nitrogens is 1. The van der Waals surface area contributed by atoms with Crippen LogP contribution in [0.15, 0.2) is 71.7 Å². The van der Waals surface area contributed by atoms with E-state index in [9.17, 15) is 9.59 Å². The molecule has 2 aromatic carbocycles. The number of benzene rings is 2. The van der Waals surface area contributed by atoms with Crippen LogP contribution >= 0.6 is 69.1 Å². The SMILES string of the molecule is CC(C)NC(=O)c1c(-c2ccc(Cl)c(Cl)c2)csc1N.Nc1scc(-c2ccc(Cl)c(Cl)c2)c1C(=O)NCc1ccncc1. The van der Waals surface area contributed by atoms with Gasteiger partial charge >= 0.3 is 0 Å². The summed E-state index contributed by atoms with van der Waals surface area (Å²) < 4.78 is 0. The third-order valence-electron chi connectivity index (χ3n) is 6.18. The number of pyridine rings is 1. The molecule has 0 radical (unpaired) electrons. The molecule has 5 aromatic rings. The zero-order valence-corrected chi connectivity index (χ0v) is 28.1. The van der Waals surface area contributed by atoms with Gasteiger partial charge < -0.3 is 22.1 Å². The van der Waals surface area contributed by atoms with Crippen LogP contribution in [0.5, 0.6) is 0 Å². The lowest BCUT2D eigenvalue weighted by Gasteiger charge is -2.10. The molecule has 3 heterocycles. The van der Waals surface area contributed by atoms with Crippen LogP contribution < -0.4 is 22.1 Å². The van der Waals surface area contributed by atoms with Gasteiger partial charge in [0.2, 0.25) is 0 Å². The van der Waals surface area contributed by atoms with Crippen LogP contribution in [0.25, 0.3) is 22.3 Å². The minimum atomic E-state index is -0.230. The summed E-state index contributed by atoms with van der Waals surface area (Å²) in [4.78, 5) is 28.8. The van der Waals surface area contributed by atoms with Crippen molar-refractivity contribution in [2.75, 3.05) is 11.5 Å². The van der Waals surface area contributed by atoms with Crippen LogP contribution in [0.1, 0.15) is 40.1 Å². The molecule has 7 nitrogen and oxygen atoms in total. The molecule has 5 rings (SSSR count). The summed E-state index contributed by atoms with van der Waals surface area (Å²) in [5, 5.41) is 12.2. The maximum Gasteiger partial charge on any atom is 0.255 e. The van der Waals surface area contributed by atoms with E-state index in [-0.39, 0.29) is 17.9 Å². The smallest absolute Gasteiger partial charge is 0.255 e. The lowest BCUT2D eigenvalue weighted by Crippen LogP contribution is -2.30. The van der Waals surface area contributed by atoms with Crippen molar-refractivity contribution in [3.63, 3.8) is 0 Å². The molecule has 0 aliphatic heterocycles. The molecule has 2 amide bonds. The highest BCUT2D eigenvalue weighted by Gasteiger charge is 2.20. The Morgan fingerprint density at radius 1 is 0.750 bits per heavy atom. The highest BCUT2D eigenvalue weighted by molar-refractivity contribution is 7.15. The van der Waals surface area contributed by atoms with Gasteiger partial charge in [0, 0.05) is 46.9 Å². The number of nitrogen functional groups attached to an aromatic ring is 2. The van der Waals surface area contributed by atoms with E-state index < -0.39 is 0 Å². The van der Waals surface area contributed by atoms with Crippen molar-refractivity contribution in [2.45, 2.75) is 26.4 Å². The lowest BCUT2D eigenvalue weighted by atomic mass is 10.0. The number of carbonyl (C=O) groups excluding carboxylic acids is 2. The van der Waals surface area contributed by atoms with Gasteiger partial charge in [0.05, 0.1) is 41.2 Å². The molecule has 3 aromatic heterocycles. The molecular formula is C31H27Cl4N5O2S2. The van der Waals surface area contributed by atoms with E-state index >= 15 is 0 Å². The van der Waals surface area contributed by atoms with Crippen molar-refractivity contribution < 1.29 is 9.59 Å². The maximum atomic E-state index is 12.6. The third kappa shape index (κ3) is 8.24. The van der Waals surface area contributed by atoms with E-state index in [0.717, 1.165) is 27.8 Å². The molecular weight excluding hydrogens is 680 g/mol. The van der Waals surface area contributed by atoms with Crippen LogP contribution in [0, 0.1) is 0 Å². The monoisotopic (exact) mass is 705 g/mol. The summed E-state index contributed by atoms with van der Waals surface area (Å²) in [5.74, 6) is -0.411. The van der Waals surface area contributed by atoms with Crippen LogP contribution in [0.4, 0.5) is 10.0 Å². The molecule has 0 bridgehead atoms. The van der Waals surface area contributed by atoms with E-state index in [0.29, 0.717) is 47.8 Å². The number of anilines is 2. The van der Waals surface area contributed by atoms with Gasteiger partial charge in [-0.3, -0.25) is 14.6 Å². The molecule has 0 saturated carbocycles. The number of nitrogens with one attached hydrogen (secondary N) is 2. The Bertz CT molecular complexity index is 1790. The molecule has 228 valence electrons. The highest BCUT2D eigenvalue weighted by Crippen LogP contribution is 2.37. The molecule has 44 heavy (non-hydrogen) atoms. The van der Waals surface area contributed by atoms with Crippen LogP contribution in [0.3, 0.4) is 0 Å². The second-order valence-electron chi connectivity index (χ2n) is 9.70. The van der Waals surface area contributed by atoms with Gasteiger partial charge in [-0.05, 0) is 66.9 Å². The number of hydrogen-bond donors (Lipinski definition) is 4. The van der Waals surface area contributed by atoms with Gasteiger partial charge in [-0.2, -0.15) is 0 Å². The normalized spacial score (nSPS) is 10.7. The Balaban J connectivity index is 0.000000204. The van der Waals surface area contributed by atoms with E-state index in [2.05, 4.69) is 15.6 Å². The van der Waals surface area contributed by atoms with Gasteiger partial charge in [-0.15, -0.1) is 22.7 Å². The van der Waals surface area contributed by atoms with Crippen molar-refractivity contribution in [1.82, 2.24) is 15.6 Å². The van der Waals surface area contributed by atoms with Gasteiger partial charge in [0.1, 0.15) is 0 Å². The van der Waals surface area contributed by atoms with Gasteiger partial charge in [0.15, 0.2) is 0 Å². The standard InChI is InChI=1S/C17H13Cl2N3OS.C14H14Cl2N2OS/c18-13-2-1-11(7-14(13)19)12-9-24-16(20)15(12)17(23)22-8-10-3-5-21-6-4-10;1-7(2)18-14(19)12-9(6-20-13(12)17)8-3-4-10(15)11(16)5-8/h1-7,9H,8,20H2,(H,22,23);3-7H,17H2,1-2H3,(H,18,19). The van der Waals surface area contributed by atoms with E-state index in [1.165, 1.54) is 22.7 Å². The molecule has 0 fully saturated rings. The second kappa shape index (κ2) is 15.1. The number of rotatable bonds is 7. The Hall–Kier alpha value is -3.31. The number of hydrogen-bond acceptors (Lipinski definition) is 7. The van der Waals surface area contributed by atoms with Crippen molar-refractivity contribution in [2.24, 2.45) is 0 Å². The Kier molecular flexibility index (Phi) is 11.5. The first kappa shape index (κ1) is 33.6. The first-order chi connectivity index (χ1) is 21.0. The largest absolute Gasteiger partial charge is 0.390 e. The number of amides is 2. The third-order valence-corrected chi connectivity index (χ3v) is 9.28. The molecule has 0 atom stereocenters. The van der Waals surface area contributed by atoms with E-state index in [4.69, 9.17) is 57.9 Å². The first-order valence-corrected chi connectivity index (χ1v) is 16.4. The Morgan fingerprint density at radius 2 is 1.23 bits per heavy atom. The molecule has 0 aliphatic rings. The summed E-state index contributed by atoms with van der Waals surface area (Å²) in [6.45, 7) is 4.20. The molecule has 0 unspecified atom stereocenters. The fourth-order valence-electron chi connectivity index (χ4n) is 4.07. The number of halogens is 4. The molecule has 6 N–H and O–H groups in total. The summed E-state index contributed by atoms with van der Waals surface area (Å²) in [7, 11) is 0. The fraction of sp³-hybridized carbons (Fsp3) is 0.129. The quantitative estimate of drug-likeness (QED) is 0.134. The van der Waals surface area contributed by atoms with Crippen LogP contribution in [-0.2, 0) is 6.54 Å². The topological polar surface area (TPSA) is 123 Å². The van der Waals surface area contributed by atoms with Crippen LogP contribution in [0.2, 0.25) is 20.1 Å². The van der Waals surface area contributed by atoms with Crippen LogP contribution in [-0.4, -0.2) is 22.8 Å². The number of thiophene rings is 2. The average molecular weight is 708 g/mol. The van der Waals surface area contributed by atoms with Gasteiger partial charge in [0.25, 0.3) is 11.8 Å². The number of nitrogens with zero attached hydrogens (tertiary/aromatic N) is 1. The van der Waals surface area contributed by atoms with Gasteiger partial charge in [-0.25, -0.2) is 0 Å². The van der Waals surface area contributed by atoms with Crippen molar-refractivity contribution >= 4 is 90.9 Å². The zero-order valence-electron chi connectivity index (χ0n) is 23.5. The predicted octanol–water partition coefficient (Wildman–Crippen LogP) is 9.07. The minimum Gasteiger partial charge on any atom is -0.390 e. The Morgan fingerprint density at radius 3 is 1.68 bits per heavy atom. The van der Waals surface area contributed by atoms with Crippen molar-refractivity contribution in [3.05, 3.63) is 108 Å². The second-order valence-corrected chi connectivity index (χ2v) is 13.2. The maximum absolute atomic E-state index is 12.6. The van der Waals surface area contributed by atoms with Gasteiger partial charge in [-0.1, -0.05) is 58.5 Å². The predicted molar refractivity (Wildman–Crippen MR) is 186 cm³/mol. The minimum absolute atomic E-state index is 0.0449. The molecule has 0 saturated heterocycles. The Labute approximate surface area is 283 Å². The lowest BCUT2D eigenvalue weighted by molar-refractivity contribution is 0.0939. The highest BCUT2D eigenvalue weighted by atomic mass is 35.5. The molecule has 0 spiro atoms. The summed E-state index contributed by atoms with van der Waals surface area (Å²) in [6, 6.07) is 14.2. The first-order valence-electron chi connectivity index (χ1n) is 13.1. The van der Waals surface area contributed by atoms with E-state index in [1.54, 1.807) is 36.7 Å². The van der Waals surface area contributed by atoms with Crippen molar-refractivity contribution in [3.8, 4) is 22.3 Å². The van der Waals surface area contributed by atoms with E-state index in [1.807, 2.05) is 48.9 Å². The molecule has 0 aliphatic carbocycles. The summed E-state index contributed by atoms with van der Waals surface area (Å²) >= 11 is 26.6. The molecule has 13 heteroatoms. The fourth-order valence-corrected chi connectivity index (χ4v) is 6.31. The average Bonchev–Trinajstić information content (AvgIpc) is 3.57. The number of nitrogens with two attached hydrogens (primary N) is 2.